The minimum Gasteiger partial charge on any atom is -0.378 e. The second-order valence-corrected chi connectivity index (χ2v) is 9.48. The molecule has 7 heteroatoms. The van der Waals surface area contributed by atoms with E-state index in [0.29, 0.717) is 30.7 Å². The Morgan fingerprint density at radius 2 is 1.74 bits per heavy atom. The molecule has 3 heterocycles. The first-order valence-electron chi connectivity index (χ1n) is 11.5. The summed E-state index contributed by atoms with van der Waals surface area (Å²) in [7, 11) is 0. The Hall–Kier alpha value is -3.58. The number of hydrogen-bond donors (Lipinski definition) is 1. The second-order valence-electron chi connectivity index (χ2n) is 9.48. The minimum atomic E-state index is -0.298. The molecule has 0 bridgehead atoms. The van der Waals surface area contributed by atoms with Crippen molar-refractivity contribution in [2.45, 2.75) is 26.2 Å². The van der Waals surface area contributed by atoms with E-state index in [9.17, 15) is 4.39 Å². The van der Waals surface area contributed by atoms with Crippen molar-refractivity contribution in [3.63, 3.8) is 0 Å². The largest absolute Gasteiger partial charge is 0.378 e. The van der Waals surface area contributed by atoms with Gasteiger partial charge in [-0.25, -0.2) is 19.3 Å². The molecule has 0 unspecified atom stereocenters. The first kappa shape index (κ1) is 22.2. The number of fused-ring (bicyclic) bond motifs is 1. The van der Waals surface area contributed by atoms with Gasteiger partial charge in [0.25, 0.3) is 0 Å². The summed E-state index contributed by atoms with van der Waals surface area (Å²) in [5, 5.41) is 5.07. The van der Waals surface area contributed by atoms with Gasteiger partial charge in [-0.2, -0.15) is 0 Å². The smallest absolute Gasteiger partial charge is 0.226 e. The molecule has 0 atom stereocenters. The van der Waals surface area contributed by atoms with E-state index < -0.39 is 0 Å². The van der Waals surface area contributed by atoms with Gasteiger partial charge in [0.05, 0.1) is 24.6 Å². The van der Waals surface area contributed by atoms with Crippen LogP contribution in [0.2, 0.25) is 0 Å². The fourth-order valence-electron chi connectivity index (χ4n) is 4.12. The number of benzene rings is 2. The van der Waals surface area contributed by atoms with Gasteiger partial charge in [0.2, 0.25) is 5.95 Å². The first-order valence-corrected chi connectivity index (χ1v) is 11.5. The van der Waals surface area contributed by atoms with Crippen LogP contribution in [0.25, 0.3) is 22.0 Å². The number of aromatic nitrogens is 3. The highest BCUT2D eigenvalue weighted by Crippen LogP contribution is 2.34. The topological polar surface area (TPSA) is 63.2 Å². The van der Waals surface area contributed by atoms with Crippen molar-refractivity contribution in [1.29, 1.82) is 0 Å². The van der Waals surface area contributed by atoms with Gasteiger partial charge in [0, 0.05) is 36.4 Å². The monoisotopic (exact) mass is 457 g/mol. The lowest BCUT2D eigenvalue weighted by molar-refractivity contribution is 0.122. The van der Waals surface area contributed by atoms with E-state index >= 15 is 0 Å². The normalized spacial score (nSPS) is 14.4. The van der Waals surface area contributed by atoms with Gasteiger partial charge in [-0.1, -0.05) is 51.1 Å². The molecule has 0 spiro atoms. The fraction of sp³-hybridized carbons (Fsp3) is 0.296. The van der Waals surface area contributed by atoms with Gasteiger partial charge in [-0.3, -0.25) is 0 Å². The van der Waals surface area contributed by atoms with Gasteiger partial charge in [0.15, 0.2) is 0 Å². The molecule has 5 rings (SSSR count). The van der Waals surface area contributed by atoms with Gasteiger partial charge >= 0.3 is 0 Å². The molecule has 4 aromatic rings. The number of hydrogen-bond acceptors (Lipinski definition) is 6. The van der Waals surface area contributed by atoms with Gasteiger partial charge in [-0.15, -0.1) is 0 Å². The molecule has 0 saturated carbocycles. The number of pyridine rings is 1. The Bertz CT molecular complexity index is 1330. The molecular formula is C27H28FN5O. The minimum absolute atomic E-state index is 0.121. The lowest BCUT2D eigenvalue weighted by Gasteiger charge is -2.26. The molecule has 34 heavy (non-hydrogen) atoms. The van der Waals surface area contributed by atoms with Gasteiger partial charge in [-0.05, 0) is 34.6 Å². The third kappa shape index (κ3) is 4.43. The quantitative estimate of drug-likeness (QED) is 0.424. The highest BCUT2D eigenvalue weighted by Gasteiger charge is 2.18. The zero-order valence-corrected chi connectivity index (χ0v) is 19.7. The second kappa shape index (κ2) is 8.99. The lowest BCUT2D eigenvalue weighted by Crippen LogP contribution is -2.37. The van der Waals surface area contributed by atoms with E-state index in [1.165, 1.54) is 0 Å². The summed E-state index contributed by atoms with van der Waals surface area (Å²) in [6.07, 6.45) is 3.57. The SMILES string of the molecule is CC(C)(C)c1ccc(Nc2ncc(-c3ccnc(N4CCOCC4)n3)c3ccccc23)c(F)c1. The number of nitrogens with zero attached hydrogens (tertiary/aromatic N) is 4. The first-order chi connectivity index (χ1) is 16.4. The van der Waals surface area contributed by atoms with Crippen LogP contribution in [-0.4, -0.2) is 41.3 Å². The number of halogens is 1. The van der Waals surface area contributed by atoms with Crippen LogP contribution in [0.3, 0.4) is 0 Å². The summed E-state index contributed by atoms with van der Waals surface area (Å²) in [6.45, 7) is 9.09. The number of nitrogens with one attached hydrogen (secondary N) is 1. The maximum atomic E-state index is 14.9. The molecule has 0 amide bonds. The Morgan fingerprint density at radius 3 is 2.47 bits per heavy atom. The predicted molar refractivity (Wildman–Crippen MR) is 134 cm³/mol. The van der Waals surface area contributed by atoms with Crippen molar-refractivity contribution in [1.82, 2.24) is 15.0 Å². The molecule has 2 aromatic heterocycles. The molecule has 1 aliphatic rings. The molecule has 1 fully saturated rings. The van der Waals surface area contributed by atoms with Crippen molar-refractivity contribution in [3.8, 4) is 11.3 Å². The lowest BCUT2D eigenvalue weighted by atomic mass is 9.87. The zero-order valence-electron chi connectivity index (χ0n) is 19.7. The molecule has 0 aliphatic carbocycles. The highest BCUT2D eigenvalue weighted by atomic mass is 19.1. The Morgan fingerprint density at radius 1 is 0.971 bits per heavy atom. The molecule has 2 aromatic carbocycles. The summed E-state index contributed by atoms with van der Waals surface area (Å²) in [5.74, 6) is 0.991. The van der Waals surface area contributed by atoms with Crippen LogP contribution < -0.4 is 10.2 Å². The summed E-state index contributed by atoms with van der Waals surface area (Å²) >= 11 is 0. The van der Waals surface area contributed by atoms with E-state index in [2.05, 4.69) is 41.0 Å². The van der Waals surface area contributed by atoms with E-state index in [1.54, 1.807) is 24.5 Å². The maximum absolute atomic E-state index is 14.9. The maximum Gasteiger partial charge on any atom is 0.226 e. The van der Waals surface area contributed by atoms with Crippen molar-refractivity contribution in [3.05, 3.63) is 72.3 Å². The average molecular weight is 458 g/mol. The molecule has 6 nitrogen and oxygen atoms in total. The average Bonchev–Trinajstić information content (AvgIpc) is 2.85. The molecule has 174 valence electrons. The van der Waals surface area contributed by atoms with Crippen LogP contribution in [-0.2, 0) is 10.2 Å². The predicted octanol–water partition coefficient (Wildman–Crippen LogP) is 5.71. The summed E-state index contributed by atoms with van der Waals surface area (Å²) in [5.41, 5.74) is 2.93. The van der Waals surface area contributed by atoms with Gasteiger partial charge < -0.3 is 15.0 Å². The number of rotatable bonds is 4. The Balaban J connectivity index is 1.51. The van der Waals surface area contributed by atoms with E-state index in [1.807, 2.05) is 36.4 Å². The summed E-state index contributed by atoms with van der Waals surface area (Å²) in [6, 6.07) is 15.2. The van der Waals surface area contributed by atoms with Crippen LogP contribution in [0.5, 0.6) is 0 Å². The molecule has 1 aliphatic heterocycles. The molecule has 0 radical (unpaired) electrons. The van der Waals surface area contributed by atoms with Crippen LogP contribution in [0.15, 0.2) is 60.9 Å². The Labute approximate surface area is 198 Å². The summed E-state index contributed by atoms with van der Waals surface area (Å²) < 4.78 is 20.4. The van der Waals surface area contributed by atoms with Crippen molar-refractivity contribution in [2.24, 2.45) is 0 Å². The van der Waals surface area contributed by atoms with E-state index in [0.717, 1.165) is 40.7 Å². The van der Waals surface area contributed by atoms with Crippen LogP contribution in [0.1, 0.15) is 26.3 Å². The number of anilines is 3. The van der Waals surface area contributed by atoms with Crippen molar-refractivity contribution >= 4 is 28.2 Å². The van der Waals surface area contributed by atoms with E-state index in [-0.39, 0.29) is 11.2 Å². The third-order valence-electron chi connectivity index (χ3n) is 6.10. The number of ether oxygens (including phenoxy) is 1. The van der Waals surface area contributed by atoms with E-state index in [4.69, 9.17) is 9.72 Å². The highest BCUT2D eigenvalue weighted by molar-refractivity contribution is 6.02. The zero-order chi connectivity index (χ0) is 23.7. The molecule has 1 N–H and O–H groups in total. The molecule has 1 saturated heterocycles. The van der Waals surface area contributed by atoms with Crippen molar-refractivity contribution < 1.29 is 9.13 Å². The van der Waals surface area contributed by atoms with Gasteiger partial charge in [0.1, 0.15) is 11.6 Å². The van der Waals surface area contributed by atoms with Crippen molar-refractivity contribution in [2.75, 3.05) is 36.5 Å². The fourth-order valence-corrected chi connectivity index (χ4v) is 4.12. The molecular weight excluding hydrogens is 429 g/mol. The van der Waals surface area contributed by atoms with Crippen LogP contribution >= 0.6 is 0 Å². The number of morpholine rings is 1. The standard InChI is InChI=1S/C27H28FN5O/c1-27(2,3)18-8-9-24(22(28)16-18)31-25-20-7-5-4-6-19(20)21(17-30-25)23-10-11-29-26(32-23)33-12-14-34-15-13-33/h4-11,16-17H,12-15H2,1-3H3,(H,30,31). The Kier molecular flexibility index (Phi) is 5.87. The third-order valence-corrected chi connectivity index (χ3v) is 6.10. The van der Waals surface area contributed by atoms with Crippen LogP contribution in [0, 0.1) is 5.82 Å². The summed E-state index contributed by atoms with van der Waals surface area (Å²) in [4.78, 5) is 16.1. The van der Waals surface area contributed by atoms with Crippen LogP contribution in [0.4, 0.5) is 21.8 Å².